The monoisotopic (exact) mass is 518 g/mol. The van der Waals surface area contributed by atoms with Crippen molar-refractivity contribution >= 4 is 16.0 Å². The highest BCUT2D eigenvalue weighted by Gasteiger charge is 2.33. The molecule has 0 spiro atoms. The summed E-state index contributed by atoms with van der Waals surface area (Å²) in [7, 11) is -3.94. The number of piperidine rings is 1. The van der Waals surface area contributed by atoms with Crippen LogP contribution in [-0.2, 0) is 23.0 Å². The van der Waals surface area contributed by atoms with Crippen LogP contribution in [0.4, 0.5) is 19.1 Å². The molecule has 36 heavy (non-hydrogen) atoms. The van der Waals surface area contributed by atoms with Crippen LogP contribution in [0.15, 0.2) is 47.4 Å². The first-order chi connectivity index (χ1) is 17.2. The largest absolute Gasteiger partial charge is 0.435 e. The SMILES string of the molecule is CC1CCN(c2nc3c(c(Oc4ccc(F)cc4F)n2)CN(S(=O)(=O)c2ccc(F)cc2)CC3)CC1. The Morgan fingerprint density at radius 2 is 1.64 bits per heavy atom. The minimum atomic E-state index is -3.94. The zero-order chi connectivity index (χ0) is 25.4. The van der Waals surface area contributed by atoms with Crippen molar-refractivity contribution in [2.75, 3.05) is 24.5 Å². The smallest absolute Gasteiger partial charge is 0.243 e. The van der Waals surface area contributed by atoms with E-state index in [-0.39, 0.29) is 36.0 Å². The van der Waals surface area contributed by atoms with Crippen LogP contribution < -0.4 is 9.64 Å². The number of hydrogen-bond acceptors (Lipinski definition) is 6. The van der Waals surface area contributed by atoms with Gasteiger partial charge in [0.05, 0.1) is 16.2 Å². The first-order valence-electron chi connectivity index (χ1n) is 11.7. The number of halogens is 3. The quantitative estimate of drug-likeness (QED) is 0.489. The number of hydrogen-bond donors (Lipinski definition) is 0. The summed E-state index contributed by atoms with van der Waals surface area (Å²) in [6.45, 7) is 3.76. The van der Waals surface area contributed by atoms with Crippen molar-refractivity contribution in [2.45, 2.75) is 37.6 Å². The third kappa shape index (κ3) is 4.90. The standard InChI is InChI=1S/C25H25F3N4O3S/c1-16-8-11-31(12-9-16)25-29-22-10-13-32(36(33,34)19-5-2-17(26)3-6-19)15-20(22)24(30-25)35-23-7-4-18(27)14-21(23)28/h2-7,14,16H,8-13,15H2,1H3. The van der Waals surface area contributed by atoms with E-state index in [0.717, 1.165) is 50.2 Å². The van der Waals surface area contributed by atoms with Crippen LogP contribution >= 0.6 is 0 Å². The van der Waals surface area contributed by atoms with Gasteiger partial charge in [-0.05, 0) is 55.2 Å². The number of sulfonamides is 1. The van der Waals surface area contributed by atoms with Crippen molar-refractivity contribution in [2.24, 2.45) is 5.92 Å². The van der Waals surface area contributed by atoms with Crippen LogP contribution in [0.1, 0.15) is 31.0 Å². The van der Waals surface area contributed by atoms with Gasteiger partial charge in [0, 0.05) is 38.7 Å². The molecule has 0 N–H and O–H groups in total. The highest BCUT2D eigenvalue weighted by Crippen LogP contribution is 2.35. The number of anilines is 1. The molecule has 7 nitrogen and oxygen atoms in total. The van der Waals surface area contributed by atoms with Crippen molar-refractivity contribution in [3.63, 3.8) is 0 Å². The lowest BCUT2D eigenvalue weighted by Crippen LogP contribution is -2.38. The second-order valence-electron chi connectivity index (χ2n) is 9.14. The van der Waals surface area contributed by atoms with Crippen LogP contribution in [0.25, 0.3) is 0 Å². The lowest BCUT2D eigenvalue weighted by molar-refractivity contribution is 0.362. The zero-order valence-corrected chi connectivity index (χ0v) is 20.4. The maximum atomic E-state index is 14.4. The summed E-state index contributed by atoms with van der Waals surface area (Å²) in [5, 5.41) is 0. The number of nitrogens with zero attached hydrogens (tertiary/aromatic N) is 4. The molecule has 0 saturated carbocycles. The van der Waals surface area contributed by atoms with E-state index < -0.39 is 27.5 Å². The van der Waals surface area contributed by atoms with Gasteiger partial charge in [0.25, 0.3) is 0 Å². The normalized spacial score (nSPS) is 17.2. The molecule has 0 unspecified atom stereocenters. The van der Waals surface area contributed by atoms with Gasteiger partial charge in [-0.15, -0.1) is 0 Å². The van der Waals surface area contributed by atoms with E-state index in [0.29, 0.717) is 29.2 Å². The molecule has 2 aromatic carbocycles. The Labute approximate surface area is 207 Å². The summed E-state index contributed by atoms with van der Waals surface area (Å²) < 4.78 is 74.7. The van der Waals surface area contributed by atoms with Crippen LogP contribution in [0, 0.1) is 23.4 Å². The van der Waals surface area contributed by atoms with Gasteiger partial charge in [0.1, 0.15) is 11.6 Å². The van der Waals surface area contributed by atoms with Gasteiger partial charge < -0.3 is 9.64 Å². The van der Waals surface area contributed by atoms with Crippen LogP contribution in [0.3, 0.4) is 0 Å². The zero-order valence-electron chi connectivity index (χ0n) is 19.6. The van der Waals surface area contributed by atoms with Gasteiger partial charge in [-0.25, -0.2) is 26.6 Å². The molecule has 1 saturated heterocycles. The minimum absolute atomic E-state index is 0.0261. The maximum absolute atomic E-state index is 14.4. The van der Waals surface area contributed by atoms with Crippen molar-refractivity contribution in [3.8, 4) is 11.6 Å². The third-order valence-corrected chi connectivity index (χ3v) is 8.45. The van der Waals surface area contributed by atoms with E-state index in [1.807, 2.05) is 4.90 Å². The fraction of sp³-hybridized carbons (Fsp3) is 0.360. The average molecular weight is 519 g/mol. The minimum Gasteiger partial charge on any atom is -0.435 e. The first-order valence-corrected chi connectivity index (χ1v) is 13.2. The van der Waals surface area contributed by atoms with Gasteiger partial charge >= 0.3 is 0 Å². The molecular formula is C25H25F3N4O3S. The lowest BCUT2D eigenvalue weighted by Gasteiger charge is -2.33. The molecule has 11 heteroatoms. The number of benzene rings is 2. The molecule has 0 aliphatic carbocycles. The van der Waals surface area contributed by atoms with Crippen molar-refractivity contribution in [1.82, 2.24) is 14.3 Å². The topological polar surface area (TPSA) is 75.6 Å². The molecule has 1 fully saturated rings. The molecule has 0 atom stereocenters. The molecule has 5 rings (SSSR count). The van der Waals surface area contributed by atoms with E-state index in [4.69, 9.17) is 9.72 Å². The van der Waals surface area contributed by atoms with E-state index in [9.17, 15) is 21.6 Å². The van der Waals surface area contributed by atoms with E-state index in [2.05, 4.69) is 11.9 Å². The maximum Gasteiger partial charge on any atom is 0.243 e. The van der Waals surface area contributed by atoms with E-state index in [1.165, 1.54) is 16.4 Å². The number of ether oxygens (including phenoxy) is 1. The van der Waals surface area contributed by atoms with Gasteiger partial charge in [-0.1, -0.05) is 6.92 Å². The Bertz CT molecular complexity index is 1380. The second kappa shape index (κ2) is 9.70. The van der Waals surface area contributed by atoms with E-state index >= 15 is 0 Å². The fourth-order valence-corrected chi connectivity index (χ4v) is 5.81. The molecule has 2 aliphatic rings. The third-order valence-electron chi connectivity index (χ3n) is 6.59. The van der Waals surface area contributed by atoms with Crippen LogP contribution in [-0.4, -0.2) is 42.3 Å². The van der Waals surface area contributed by atoms with Crippen LogP contribution in [0.5, 0.6) is 11.6 Å². The summed E-state index contributed by atoms with van der Waals surface area (Å²) in [6.07, 6.45) is 2.25. The Kier molecular flexibility index (Phi) is 6.60. The predicted molar refractivity (Wildman–Crippen MR) is 127 cm³/mol. The average Bonchev–Trinajstić information content (AvgIpc) is 2.86. The summed E-state index contributed by atoms with van der Waals surface area (Å²) in [5.74, 6) is -1.36. The molecule has 0 bridgehead atoms. The van der Waals surface area contributed by atoms with Crippen molar-refractivity contribution < 1.29 is 26.3 Å². The number of aromatic nitrogens is 2. The Morgan fingerprint density at radius 3 is 2.33 bits per heavy atom. The highest BCUT2D eigenvalue weighted by atomic mass is 32.2. The predicted octanol–water partition coefficient (Wildman–Crippen LogP) is 4.67. The number of fused-ring (bicyclic) bond motifs is 1. The molecule has 2 aliphatic heterocycles. The van der Waals surface area contributed by atoms with Crippen molar-refractivity contribution in [3.05, 3.63) is 71.2 Å². The molecular weight excluding hydrogens is 493 g/mol. The Morgan fingerprint density at radius 1 is 0.944 bits per heavy atom. The lowest BCUT2D eigenvalue weighted by atomic mass is 9.99. The summed E-state index contributed by atoms with van der Waals surface area (Å²) >= 11 is 0. The summed E-state index contributed by atoms with van der Waals surface area (Å²) in [5.41, 5.74) is 1.02. The molecule has 3 aromatic rings. The Balaban J connectivity index is 1.52. The van der Waals surface area contributed by atoms with Crippen LogP contribution in [0.2, 0.25) is 0 Å². The molecule has 0 radical (unpaired) electrons. The molecule has 3 heterocycles. The number of rotatable bonds is 5. The molecule has 1 aromatic heterocycles. The first kappa shape index (κ1) is 24.5. The summed E-state index contributed by atoms with van der Waals surface area (Å²) in [4.78, 5) is 11.3. The van der Waals surface area contributed by atoms with Gasteiger partial charge in [0.15, 0.2) is 11.6 Å². The fourth-order valence-electron chi connectivity index (χ4n) is 4.40. The van der Waals surface area contributed by atoms with Gasteiger partial charge in [-0.2, -0.15) is 9.29 Å². The Hall–Kier alpha value is -3.18. The molecule has 190 valence electrons. The van der Waals surface area contributed by atoms with Gasteiger partial charge in [0.2, 0.25) is 21.9 Å². The second-order valence-corrected chi connectivity index (χ2v) is 11.1. The van der Waals surface area contributed by atoms with E-state index in [1.54, 1.807) is 0 Å². The highest BCUT2D eigenvalue weighted by molar-refractivity contribution is 7.89. The summed E-state index contributed by atoms with van der Waals surface area (Å²) in [6, 6.07) is 7.55. The molecule has 0 amide bonds. The van der Waals surface area contributed by atoms with Crippen molar-refractivity contribution in [1.29, 1.82) is 0 Å². The van der Waals surface area contributed by atoms with Gasteiger partial charge in [-0.3, -0.25) is 0 Å².